The molecule has 3 unspecified atom stereocenters. The van der Waals surface area contributed by atoms with Crippen molar-refractivity contribution in [2.24, 2.45) is 11.8 Å². The molecule has 0 spiro atoms. The fourth-order valence-corrected chi connectivity index (χ4v) is 2.57. The second-order valence-electron chi connectivity index (χ2n) is 3.33. The Balaban J connectivity index is 2.12. The predicted octanol–water partition coefficient (Wildman–Crippen LogP) is 0.687. The van der Waals surface area contributed by atoms with Gasteiger partial charge in [0.1, 0.15) is 5.78 Å². The molecular formula is C7H12NOP. The van der Waals surface area contributed by atoms with Gasteiger partial charge in [-0.15, -0.1) is 0 Å². The molecule has 2 aliphatic rings. The molecule has 1 aliphatic carbocycles. The van der Waals surface area contributed by atoms with Crippen molar-refractivity contribution in [1.29, 1.82) is 0 Å². The van der Waals surface area contributed by atoms with Crippen LogP contribution in [0.15, 0.2) is 0 Å². The van der Waals surface area contributed by atoms with Crippen LogP contribution in [0, 0.1) is 11.8 Å². The fraction of sp³-hybridized carbons (Fsp3) is 0.857. The lowest BCUT2D eigenvalue weighted by atomic mass is 10.0. The standard InChI is InChI=1S/C7H12NOP/c9-7-2-1-5-3-8(10)4-6(5)7/h5-6H,1-4,10H2. The number of hydrogen-bond acceptors (Lipinski definition) is 2. The summed E-state index contributed by atoms with van der Waals surface area (Å²) in [5.74, 6) is 1.57. The van der Waals surface area contributed by atoms with Gasteiger partial charge in [-0.05, 0) is 12.3 Å². The number of carbonyl (C=O) groups is 1. The van der Waals surface area contributed by atoms with Crippen molar-refractivity contribution in [2.45, 2.75) is 12.8 Å². The zero-order chi connectivity index (χ0) is 7.14. The Morgan fingerprint density at radius 3 is 3.00 bits per heavy atom. The van der Waals surface area contributed by atoms with E-state index in [9.17, 15) is 4.79 Å². The molecule has 0 aromatic carbocycles. The summed E-state index contributed by atoms with van der Waals surface area (Å²) in [7, 11) is 2.68. The number of ketones is 1. The lowest BCUT2D eigenvalue weighted by Crippen LogP contribution is -2.13. The number of carbonyl (C=O) groups excluding carboxylic acids is 1. The third-order valence-corrected chi connectivity index (χ3v) is 3.07. The molecule has 1 heterocycles. The summed E-state index contributed by atoms with van der Waals surface area (Å²) >= 11 is 0. The highest BCUT2D eigenvalue weighted by Gasteiger charge is 2.40. The Bertz CT molecular complexity index is 171. The summed E-state index contributed by atoms with van der Waals surface area (Å²) in [4.78, 5) is 11.2. The highest BCUT2D eigenvalue weighted by molar-refractivity contribution is 7.13. The average Bonchev–Trinajstić information content (AvgIpc) is 2.35. The minimum absolute atomic E-state index is 0.387. The molecule has 0 amide bonds. The van der Waals surface area contributed by atoms with E-state index >= 15 is 0 Å². The van der Waals surface area contributed by atoms with Gasteiger partial charge in [0, 0.05) is 25.4 Å². The Morgan fingerprint density at radius 1 is 1.50 bits per heavy atom. The Kier molecular flexibility index (Phi) is 1.54. The molecule has 1 saturated carbocycles. The number of fused-ring (bicyclic) bond motifs is 1. The van der Waals surface area contributed by atoms with E-state index in [0.29, 0.717) is 17.6 Å². The molecule has 1 aliphatic heterocycles. The fourth-order valence-electron chi connectivity index (χ4n) is 2.07. The molecule has 2 fully saturated rings. The Hall–Kier alpha value is 0.0600. The summed E-state index contributed by atoms with van der Waals surface area (Å²) in [5, 5.41) is 0. The first kappa shape index (κ1) is 6.75. The van der Waals surface area contributed by atoms with Crippen molar-refractivity contribution in [3.63, 3.8) is 0 Å². The molecule has 0 N–H and O–H groups in total. The van der Waals surface area contributed by atoms with E-state index in [1.54, 1.807) is 0 Å². The maximum absolute atomic E-state index is 11.2. The highest BCUT2D eigenvalue weighted by atomic mass is 31.0. The first-order valence-corrected chi connectivity index (χ1v) is 4.31. The third kappa shape index (κ3) is 0.906. The van der Waals surface area contributed by atoms with Gasteiger partial charge in [0.05, 0.1) is 0 Å². The van der Waals surface area contributed by atoms with Gasteiger partial charge in [-0.2, -0.15) is 0 Å². The van der Waals surface area contributed by atoms with Crippen LogP contribution in [0.4, 0.5) is 0 Å². The monoisotopic (exact) mass is 157 g/mol. The predicted molar refractivity (Wildman–Crippen MR) is 42.5 cm³/mol. The van der Waals surface area contributed by atoms with Gasteiger partial charge in [-0.1, -0.05) is 9.39 Å². The summed E-state index contributed by atoms with van der Waals surface area (Å²) in [5.41, 5.74) is 0. The van der Waals surface area contributed by atoms with Crippen LogP contribution >= 0.6 is 9.39 Å². The van der Waals surface area contributed by atoms with Crippen LogP contribution in [-0.4, -0.2) is 23.5 Å². The van der Waals surface area contributed by atoms with Gasteiger partial charge in [0.25, 0.3) is 0 Å². The summed E-state index contributed by atoms with van der Waals surface area (Å²) < 4.78 is 2.19. The quantitative estimate of drug-likeness (QED) is 0.482. The van der Waals surface area contributed by atoms with Crippen LogP contribution in [0.1, 0.15) is 12.8 Å². The minimum atomic E-state index is 0.387. The van der Waals surface area contributed by atoms with E-state index < -0.39 is 0 Å². The highest BCUT2D eigenvalue weighted by Crippen LogP contribution is 2.36. The zero-order valence-electron chi connectivity index (χ0n) is 5.92. The van der Waals surface area contributed by atoms with Gasteiger partial charge < -0.3 is 0 Å². The van der Waals surface area contributed by atoms with Crippen molar-refractivity contribution in [2.75, 3.05) is 13.1 Å². The summed E-state index contributed by atoms with van der Waals surface area (Å²) in [6.07, 6.45) is 1.97. The van der Waals surface area contributed by atoms with Gasteiger partial charge in [0.2, 0.25) is 0 Å². The SMILES string of the molecule is O=C1CCC2CN(P)CC12. The normalized spacial score (nSPS) is 40.7. The van der Waals surface area contributed by atoms with Crippen LogP contribution in [0.2, 0.25) is 0 Å². The van der Waals surface area contributed by atoms with Crippen LogP contribution in [0.5, 0.6) is 0 Å². The minimum Gasteiger partial charge on any atom is -0.299 e. The molecule has 0 radical (unpaired) electrons. The van der Waals surface area contributed by atoms with Gasteiger partial charge in [0.15, 0.2) is 0 Å². The van der Waals surface area contributed by atoms with E-state index in [2.05, 4.69) is 14.1 Å². The molecule has 2 rings (SSSR count). The maximum atomic E-state index is 11.2. The zero-order valence-corrected chi connectivity index (χ0v) is 7.07. The van der Waals surface area contributed by atoms with Crippen molar-refractivity contribution in [3.8, 4) is 0 Å². The topological polar surface area (TPSA) is 20.3 Å². The largest absolute Gasteiger partial charge is 0.299 e. The van der Waals surface area contributed by atoms with Crippen LogP contribution in [0.25, 0.3) is 0 Å². The Morgan fingerprint density at radius 2 is 2.30 bits per heavy atom. The first-order chi connectivity index (χ1) is 4.77. The number of rotatable bonds is 0. The smallest absolute Gasteiger partial charge is 0.137 e. The number of nitrogens with zero attached hydrogens (tertiary/aromatic N) is 1. The molecular weight excluding hydrogens is 145 g/mol. The second kappa shape index (κ2) is 2.28. The lowest BCUT2D eigenvalue weighted by Gasteiger charge is -2.06. The number of Topliss-reactive ketones (excluding diaryl/α,β-unsaturated/α-hetero) is 1. The first-order valence-electron chi connectivity index (χ1n) is 3.80. The van der Waals surface area contributed by atoms with E-state index in [-0.39, 0.29) is 0 Å². The number of hydrogen-bond donors (Lipinski definition) is 0. The van der Waals surface area contributed by atoms with Gasteiger partial charge >= 0.3 is 0 Å². The van der Waals surface area contributed by atoms with E-state index in [0.717, 1.165) is 25.9 Å². The van der Waals surface area contributed by atoms with Crippen LogP contribution < -0.4 is 0 Å². The molecule has 56 valence electrons. The van der Waals surface area contributed by atoms with Crippen molar-refractivity contribution in [3.05, 3.63) is 0 Å². The molecule has 1 saturated heterocycles. The van der Waals surface area contributed by atoms with E-state index in [4.69, 9.17) is 0 Å². The summed E-state index contributed by atoms with van der Waals surface area (Å²) in [6, 6.07) is 0. The molecule has 0 aromatic rings. The molecule has 2 nitrogen and oxygen atoms in total. The molecule has 10 heavy (non-hydrogen) atoms. The van der Waals surface area contributed by atoms with Crippen LogP contribution in [0.3, 0.4) is 0 Å². The van der Waals surface area contributed by atoms with Gasteiger partial charge in [-0.25, -0.2) is 0 Å². The lowest BCUT2D eigenvalue weighted by molar-refractivity contribution is -0.120. The van der Waals surface area contributed by atoms with Crippen LogP contribution in [-0.2, 0) is 4.79 Å². The van der Waals surface area contributed by atoms with Crippen molar-refractivity contribution >= 4 is 15.2 Å². The third-order valence-electron chi connectivity index (χ3n) is 2.64. The average molecular weight is 157 g/mol. The summed E-state index contributed by atoms with van der Waals surface area (Å²) in [6.45, 7) is 2.09. The molecule has 3 atom stereocenters. The second-order valence-corrected chi connectivity index (χ2v) is 4.06. The Labute approximate surface area is 63.2 Å². The van der Waals surface area contributed by atoms with E-state index in [1.807, 2.05) is 0 Å². The molecule has 3 heteroatoms. The van der Waals surface area contributed by atoms with E-state index in [1.165, 1.54) is 0 Å². The van der Waals surface area contributed by atoms with Gasteiger partial charge in [-0.3, -0.25) is 9.46 Å². The molecule has 0 bridgehead atoms. The van der Waals surface area contributed by atoms with Crippen molar-refractivity contribution in [1.82, 2.24) is 4.67 Å². The van der Waals surface area contributed by atoms with Crippen molar-refractivity contribution < 1.29 is 4.79 Å². The molecule has 0 aromatic heterocycles. The maximum Gasteiger partial charge on any atom is 0.137 e.